The molecule has 1 heterocycles. The highest BCUT2D eigenvalue weighted by Crippen LogP contribution is 2.16. The van der Waals surface area contributed by atoms with Gasteiger partial charge in [-0.2, -0.15) is 5.10 Å². The Morgan fingerprint density at radius 3 is 2.71 bits per heavy atom. The number of nitrogens with one attached hydrogen (secondary N) is 1. The van der Waals surface area contributed by atoms with Crippen LogP contribution in [0.25, 0.3) is 0 Å². The van der Waals surface area contributed by atoms with Gasteiger partial charge in [-0.05, 0) is 18.2 Å². The summed E-state index contributed by atoms with van der Waals surface area (Å²) >= 11 is 0. The van der Waals surface area contributed by atoms with Gasteiger partial charge in [-0.25, -0.2) is 13.6 Å². The molecule has 2 aromatic rings. The lowest BCUT2D eigenvalue weighted by atomic mass is 10.1. The minimum atomic E-state index is -3.83. The fraction of sp³-hybridized carbons (Fsp3) is 0.167. The summed E-state index contributed by atoms with van der Waals surface area (Å²) in [6.07, 6.45) is 3.12. The van der Waals surface area contributed by atoms with Crippen molar-refractivity contribution in [2.75, 3.05) is 5.32 Å². The standard InChI is InChI=1S/C12H15N5O3S/c1-17-7-8(6-15-17)11(13)12(18)16-9-3-2-4-10(5-9)21(14,19)20/h2-7,11H,13H2,1H3,(H,16,18)(H2,14,19,20). The van der Waals surface area contributed by atoms with Gasteiger partial charge in [0.2, 0.25) is 15.9 Å². The highest BCUT2D eigenvalue weighted by atomic mass is 32.2. The summed E-state index contributed by atoms with van der Waals surface area (Å²) in [6, 6.07) is 4.72. The lowest BCUT2D eigenvalue weighted by Crippen LogP contribution is -2.27. The Bertz CT molecular complexity index is 769. The molecule has 0 radical (unpaired) electrons. The fourth-order valence-electron chi connectivity index (χ4n) is 1.72. The first-order valence-electron chi connectivity index (χ1n) is 5.95. The number of carbonyl (C=O) groups is 1. The summed E-state index contributed by atoms with van der Waals surface area (Å²) in [5, 5.41) is 11.5. The topological polar surface area (TPSA) is 133 Å². The quantitative estimate of drug-likeness (QED) is 0.713. The van der Waals surface area contributed by atoms with Gasteiger partial charge in [-0.3, -0.25) is 9.48 Å². The number of hydrogen-bond acceptors (Lipinski definition) is 5. The number of nitrogens with zero attached hydrogens (tertiary/aromatic N) is 2. The fourth-order valence-corrected chi connectivity index (χ4v) is 2.28. The number of nitrogens with two attached hydrogens (primary N) is 2. The van der Waals surface area contributed by atoms with Crippen molar-refractivity contribution in [3.63, 3.8) is 0 Å². The van der Waals surface area contributed by atoms with Crippen LogP contribution < -0.4 is 16.2 Å². The molecule has 5 N–H and O–H groups in total. The van der Waals surface area contributed by atoms with Gasteiger partial charge >= 0.3 is 0 Å². The average molecular weight is 309 g/mol. The van der Waals surface area contributed by atoms with E-state index in [9.17, 15) is 13.2 Å². The first-order valence-corrected chi connectivity index (χ1v) is 7.50. The van der Waals surface area contributed by atoms with E-state index < -0.39 is 22.0 Å². The maximum absolute atomic E-state index is 12.0. The van der Waals surface area contributed by atoms with Gasteiger partial charge in [0.15, 0.2) is 0 Å². The highest BCUT2D eigenvalue weighted by Gasteiger charge is 2.18. The summed E-state index contributed by atoms with van der Waals surface area (Å²) in [4.78, 5) is 11.9. The number of carbonyl (C=O) groups excluding carboxylic acids is 1. The molecule has 21 heavy (non-hydrogen) atoms. The number of aromatic nitrogens is 2. The molecular weight excluding hydrogens is 294 g/mol. The molecule has 1 atom stereocenters. The molecule has 0 saturated carbocycles. The number of sulfonamides is 1. The normalized spacial score (nSPS) is 12.9. The molecule has 0 spiro atoms. The lowest BCUT2D eigenvalue weighted by molar-refractivity contribution is -0.117. The van der Waals surface area contributed by atoms with Crippen LogP contribution in [0.4, 0.5) is 5.69 Å². The number of rotatable bonds is 4. The molecule has 2 rings (SSSR count). The number of benzene rings is 1. The van der Waals surface area contributed by atoms with Gasteiger partial charge in [-0.1, -0.05) is 6.07 Å². The van der Waals surface area contributed by atoms with Crippen LogP contribution in [-0.2, 0) is 21.9 Å². The van der Waals surface area contributed by atoms with Crippen LogP contribution in [0.1, 0.15) is 11.6 Å². The van der Waals surface area contributed by atoms with Crippen molar-refractivity contribution >= 4 is 21.6 Å². The van der Waals surface area contributed by atoms with Crippen LogP contribution in [0.15, 0.2) is 41.6 Å². The van der Waals surface area contributed by atoms with Gasteiger partial charge < -0.3 is 11.1 Å². The van der Waals surface area contributed by atoms with Gasteiger partial charge in [0.1, 0.15) is 6.04 Å². The molecule has 0 aliphatic heterocycles. The third kappa shape index (κ3) is 3.66. The van der Waals surface area contributed by atoms with Gasteiger partial charge in [-0.15, -0.1) is 0 Å². The van der Waals surface area contributed by atoms with Crippen LogP contribution in [-0.4, -0.2) is 24.1 Å². The SMILES string of the molecule is Cn1cc(C(N)C(=O)Nc2cccc(S(N)(=O)=O)c2)cn1. The molecule has 0 fully saturated rings. The molecule has 1 aromatic heterocycles. The first-order chi connectivity index (χ1) is 9.77. The van der Waals surface area contributed by atoms with E-state index in [1.54, 1.807) is 19.3 Å². The molecule has 0 aliphatic carbocycles. The third-order valence-corrected chi connectivity index (χ3v) is 3.71. The van der Waals surface area contributed by atoms with E-state index in [-0.39, 0.29) is 4.90 Å². The molecule has 8 nitrogen and oxygen atoms in total. The van der Waals surface area contributed by atoms with E-state index in [0.29, 0.717) is 11.3 Å². The molecule has 1 aromatic carbocycles. The molecule has 0 saturated heterocycles. The van der Waals surface area contributed by atoms with Crippen LogP contribution in [0, 0.1) is 0 Å². The van der Waals surface area contributed by atoms with Crippen LogP contribution >= 0.6 is 0 Å². The van der Waals surface area contributed by atoms with Gasteiger partial charge in [0.05, 0.1) is 11.1 Å². The van der Waals surface area contributed by atoms with E-state index in [0.717, 1.165) is 0 Å². The van der Waals surface area contributed by atoms with Crippen LogP contribution in [0.5, 0.6) is 0 Å². The minimum absolute atomic E-state index is 0.0877. The van der Waals surface area contributed by atoms with Crippen LogP contribution in [0.2, 0.25) is 0 Å². The molecular formula is C12H15N5O3S. The number of anilines is 1. The minimum Gasteiger partial charge on any atom is -0.324 e. The Morgan fingerprint density at radius 2 is 2.14 bits per heavy atom. The van der Waals surface area contributed by atoms with Crippen molar-refractivity contribution in [1.82, 2.24) is 9.78 Å². The van der Waals surface area contributed by atoms with Crippen molar-refractivity contribution in [3.8, 4) is 0 Å². The van der Waals surface area contributed by atoms with Gasteiger partial charge in [0, 0.05) is 24.5 Å². The Kier molecular flexibility index (Phi) is 4.07. The molecule has 112 valence electrons. The largest absolute Gasteiger partial charge is 0.324 e. The first kappa shape index (κ1) is 15.2. The molecule has 0 aliphatic rings. The second-order valence-corrected chi connectivity index (χ2v) is 6.05. The second kappa shape index (κ2) is 5.64. The number of primary sulfonamides is 1. The lowest BCUT2D eigenvalue weighted by Gasteiger charge is -2.11. The Hall–Kier alpha value is -2.23. The van der Waals surface area contributed by atoms with E-state index in [1.165, 1.54) is 29.1 Å². The maximum atomic E-state index is 12.0. The zero-order valence-electron chi connectivity index (χ0n) is 11.2. The van der Waals surface area contributed by atoms with Crippen molar-refractivity contribution in [1.29, 1.82) is 0 Å². The van der Waals surface area contributed by atoms with Crippen molar-refractivity contribution in [2.24, 2.45) is 17.9 Å². The Morgan fingerprint density at radius 1 is 1.43 bits per heavy atom. The molecule has 9 heteroatoms. The maximum Gasteiger partial charge on any atom is 0.246 e. The number of hydrogen-bond donors (Lipinski definition) is 3. The zero-order chi connectivity index (χ0) is 15.6. The smallest absolute Gasteiger partial charge is 0.246 e. The number of aryl methyl sites for hydroxylation is 1. The Balaban J connectivity index is 2.16. The van der Waals surface area contributed by atoms with E-state index in [1.807, 2.05) is 0 Å². The van der Waals surface area contributed by atoms with Crippen molar-refractivity contribution in [3.05, 3.63) is 42.2 Å². The molecule has 1 amide bonds. The van der Waals surface area contributed by atoms with E-state index >= 15 is 0 Å². The van der Waals surface area contributed by atoms with E-state index in [4.69, 9.17) is 10.9 Å². The summed E-state index contributed by atoms with van der Waals surface area (Å²) in [7, 11) is -2.11. The third-order valence-electron chi connectivity index (χ3n) is 2.80. The molecule has 1 unspecified atom stereocenters. The number of amides is 1. The average Bonchev–Trinajstić information content (AvgIpc) is 2.84. The second-order valence-electron chi connectivity index (χ2n) is 4.49. The van der Waals surface area contributed by atoms with E-state index in [2.05, 4.69) is 10.4 Å². The monoisotopic (exact) mass is 309 g/mol. The van der Waals surface area contributed by atoms with Gasteiger partial charge in [0.25, 0.3) is 0 Å². The summed E-state index contributed by atoms with van der Waals surface area (Å²) < 4.78 is 24.0. The summed E-state index contributed by atoms with van der Waals surface area (Å²) in [6.45, 7) is 0. The van der Waals surface area contributed by atoms with Crippen LogP contribution in [0.3, 0.4) is 0 Å². The Labute approximate surface area is 121 Å². The van der Waals surface area contributed by atoms with Crippen molar-refractivity contribution < 1.29 is 13.2 Å². The summed E-state index contributed by atoms with van der Waals surface area (Å²) in [5.74, 6) is -0.477. The molecule has 0 bridgehead atoms. The predicted octanol–water partition coefficient (Wildman–Crippen LogP) is -0.294. The van der Waals surface area contributed by atoms with Crippen molar-refractivity contribution in [2.45, 2.75) is 10.9 Å². The highest BCUT2D eigenvalue weighted by molar-refractivity contribution is 7.89. The zero-order valence-corrected chi connectivity index (χ0v) is 12.0. The predicted molar refractivity (Wildman–Crippen MR) is 76.6 cm³/mol. The summed E-state index contributed by atoms with van der Waals surface area (Å²) in [5.41, 5.74) is 6.67.